The van der Waals surface area contributed by atoms with Gasteiger partial charge in [0.25, 0.3) is 0 Å². The van der Waals surface area contributed by atoms with Gasteiger partial charge in [-0.15, -0.1) is 0 Å². The molecule has 0 radical (unpaired) electrons. The zero-order valence-electron chi connectivity index (χ0n) is 13.1. The summed E-state index contributed by atoms with van der Waals surface area (Å²) in [5.74, 6) is 0.245. The highest BCUT2D eigenvalue weighted by Crippen LogP contribution is 2.41. The van der Waals surface area contributed by atoms with Crippen molar-refractivity contribution in [3.63, 3.8) is 0 Å². The van der Waals surface area contributed by atoms with Crippen molar-refractivity contribution >= 4 is 0 Å². The standard InChI is InChI=1S/C17H29NO3/c19-16-6-2-1-5-14(16)11-18(10-9-16)12-15-13-20-17(21-15)7-3-4-8-17/h14-15,19H,1-13H2. The molecule has 4 aliphatic rings. The Bertz CT molecular complexity index is 382. The summed E-state index contributed by atoms with van der Waals surface area (Å²) in [6.07, 6.45) is 10.5. The summed E-state index contributed by atoms with van der Waals surface area (Å²) < 4.78 is 12.2. The molecule has 3 unspecified atom stereocenters. The summed E-state index contributed by atoms with van der Waals surface area (Å²) in [6.45, 7) is 3.79. The number of piperidine rings is 1. The average molecular weight is 295 g/mol. The molecule has 0 amide bonds. The number of hydrogen-bond acceptors (Lipinski definition) is 4. The number of fused-ring (bicyclic) bond motifs is 1. The molecule has 2 aliphatic heterocycles. The van der Waals surface area contributed by atoms with Gasteiger partial charge in [-0.05, 0) is 32.1 Å². The van der Waals surface area contributed by atoms with Gasteiger partial charge < -0.3 is 19.5 Å². The lowest BCUT2D eigenvalue weighted by atomic mass is 9.71. The van der Waals surface area contributed by atoms with Gasteiger partial charge in [-0.2, -0.15) is 0 Å². The number of ether oxygens (including phenoxy) is 2. The van der Waals surface area contributed by atoms with E-state index >= 15 is 0 Å². The predicted molar refractivity (Wildman–Crippen MR) is 80.0 cm³/mol. The Morgan fingerprint density at radius 1 is 1.05 bits per heavy atom. The van der Waals surface area contributed by atoms with E-state index in [-0.39, 0.29) is 17.5 Å². The molecule has 0 aromatic carbocycles. The van der Waals surface area contributed by atoms with E-state index in [9.17, 15) is 5.11 Å². The fourth-order valence-electron chi connectivity index (χ4n) is 4.98. The molecular formula is C17H29NO3. The molecule has 21 heavy (non-hydrogen) atoms. The van der Waals surface area contributed by atoms with E-state index in [2.05, 4.69) is 4.90 Å². The van der Waals surface area contributed by atoms with Crippen LogP contribution >= 0.6 is 0 Å². The summed E-state index contributed by atoms with van der Waals surface area (Å²) >= 11 is 0. The van der Waals surface area contributed by atoms with Crippen molar-refractivity contribution in [3.8, 4) is 0 Å². The summed E-state index contributed by atoms with van der Waals surface area (Å²) in [4.78, 5) is 2.51. The molecule has 2 saturated carbocycles. The van der Waals surface area contributed by atoms with Crippen LogP contribution in [0, 0.1) is 5.92 Å². The Labute approximate surface area is 127 Å². The van der Waals surface area contributed by atoms with Gasteiger partial charge in [0.15, 0.2) is 5.79 Å². The lowest BCUT2D eigenvalue weighted by Crippen LogP contribution is -2.54. The van der Waals surface area contributed by atoms with Gasteiger partial charge in [-0.25, -0.2) is 0 Å². The normalized spacial score (nSPS) is 43.3. The molecule has 120 valence electrons. The maximum atomic E-state index is 10.8. The van der Waals surface area contributed by atoms with Crippen molar-refractivity contribution in [1.29, 1.82) is 0 Å². The first kappa shape index (κ1) is 14.4. The summed E-state index contributed by atoms with van der Waals surface area (Å²) in [5.41, 5.74) is -0.367. The van der Waals surface area contributed by atoms with Crippen LogP contribution in [0.2, 0.25) is 0 Å². The average Bonchev–Trinajstić information content (AvgIpc) is 3.10. The topological polar surface area (TPSA) is 41.9 Å². The molecule has 1 N–H and O–H groups in total. The first-order valence-corrected chi connectivity index (χ1v) is 8.94. The zero-order chi connectivity index (χ0) is 14.3. The molecule has 1 spiro atoms. The SMILES string of the molecule is OC12CCCCC1CN(CC1COC3(CCCC3)O1)CC2. The number of likely N-dealkylation sites (tertiary alicyclic amines) is 1. The quantitative estimate of drug-likeness (QED) is 0.849. The molecule has 3 atom stereocenters. The van der Waals surface area contributed by atoms with E-state index < -0.39 is 0 Å². The smallest absolute Gasteiger partial charge is 0.168 e. The highest BCUT2D eigenvalue weighted by Gasteiger charge is 2.46. The lowest BCUT2D eigenvalue weighted by molar-refractivity contribution is -0.165. The third-order valence-electron chi connectivity index (χ3n) is 6.25. The van der Waals surface area contributed by atoms with Crippen LogP contribution in [0.1, 0.15) is 57.8 Å². The molecule has 4 nitrogen and oxygen atoms in total. The van der Waals surface area contributed by atoms with Crippen LogP contribution in [0.25, 0.3) is 0 Å². The highest BCUT2D eigenvalue weighted by molar-refractivity contribution is 4.96. The molecule has 4 fully saturated rings. The maximum absolute atomic E-state index is 10.8. The summed E-state index contributed by atoms with van der Waals surface area (Å²) in [5, 5.41) is 10.8. The van der Waals surface area contributed by atoms with Gasteiger partial charge in [-0.3, -0.25) is 0 Å². The van der Waals surface area contributed by atoms with Crippen LogP contribution in [0.5, 0.6) is 0 Å². The third kappa shape index (κ3) is 2.76. The fraction of sp³-hybridized carbons (Fsp3) is 1.00. The molecule has 0 aromatic heterocycles. The Balaban J connectivity index is 1.32. The second kappa shape index (κ2) is 5.48. The molecule has 4 rings (SSSR count). The first-order valence-electron chi connectivity index (χ1n) is 8.94. The summed E-state index contributed by atoms with van der Waals surface area (Å²) in [6, 6.07) is 0. The van der Waals surface area contributed by atoms with Crippen LogP contribution in [0.3, 0.4) is 0 Å². The largest absolute Gasteiger partial charge is 0.390 e. The molecule has 0 aromatic rings. The second-order valence-electron chi connectivity index (χ2n) is 7.72. The predicted octanol–water partition coefficient (Wildman–Crippen LogP) is 2.30. The van der Waals surface area contributed by atoms with Gasteiger partial charge in [0.05, 0.1) is 18.3 Å². The van der Waals surface area contributed by atoms with Gasteiger partial charge in [0.1, 0.15) is 0 Å². The van der Waals surface area contributed by atoms with Crippen LogP contribution in [0.15, 0.2) is 0 Å². The fourth-order valence-corrected chi connectivity index (χ4v) is 4.98. The van der Waals surface area contributed by atoms with Crippen molar-refractivity contribution in [2.45, 2.75) is 75.3 Å². The zero-order valence-corrected chi connectivity index (χ0v) is 13.1. The number of hydrogen-bond donors (Lipinski definition) is 1. The Hall–Kier alpha value is -0.160. The Morgan fingerprint density at radius 3 is 2.71 bits per heavy atom. The van der Waals surface area contributed by atoms with Crippen LogP contribution < -0.4 is 0 Å². The van der Waals surface area contributed by atoms with Gasteiger partial charge in [0, 0.05) is 38.4 Å². The second-order valence-corrected chi connectivity index (χ2v) is 7.72. The molecule has 2 heterocycles. The van der Waals surface area contributed by atoms with E-state index in [1.165, 1.54) is 32.1 Å². The minimum Gasteiger partial charge on any atom is -0.390 e. The van der Waals surface area contributed by atoms with Crippen molar-refractivity contribution in [1.82, 2.24) is 4.90 Å². The molecular weight excluding hydrogens is 266 g/mol. The van der Waals surface area contributed by atoms with E-state index in [4.69, 9.17) is 9.47 Å². The highest BCUT2D eigenvalue weighted by atomic mass is 16.7. The monoisotopic (exact) mass is 295 g/mol. The van der Waals surface area contributed by atoms with E-state index in [1.54, 1.807) is 0 Å². The number of aliphatic hydroxyl groups is 1. The Morgan fingerprint density at radius 2 is 1.86 bits per heavy atom. The van der Waals surface area contributed by atoms with Crippen molar-refractivity contribution in [2.75, 3.05) is 26.2 Å². The van der Waals surface area contributed by atoms with Gasteiger partial charge in [-0.1, -0.05) is 12.8 Å². The molecule has 2 saturated heterocycles. The van der Waals surface area contributed by atoms with Crippen LogP contribution in [-0.2, 0) is 9.47 Å². The number of nitrogens with zero attached hydrogens (tertiary/aromatic N) is 1. The van der Waals surface area contributed by atoms with Crippen LogP contribution in [0.4, 0.5) is 0 Å². The van der Waals surface area contributed by atoms with Crippen molar-refractivity contribution in [2.24, 2.45) is 5.92 Å². The lowest BCUT2D eigenvalue weighted by Gasteiger charge is -2.47. The minimum atomic E-state index is -0.367. The van der Waals surface area contributed by atoms with Gasteiger partial charge in [0.2, 0.25) is 0 Å². The molecule has 2 aliphatic carbocycles. The minimum absolute atomic E-state index is 0.230. The van der Waals surface area contributed by atoms with Crippen LogP contribution in [-0.4, -0.2) is 53.7 Å². The molecule has 0 bridgehead atoms. The Kier molecular flexibility index (Phi) is 3.77. The summed E-state index contributed by atoms with van der Waals surface area (Å²) in [7, 11) is 0. The maximum Gasteiger partial charge on any atom is 0.168 e. The molecule has 4 heteroatoms. The van der Waals surface area contributed by atoms with E-state index in [1.807, 2.05) is 0 Å². The van der Waals surface area contributed by atoms with Crippen molar-refractivity contribution < 1.29 is 14.6 Å². The number of rotatable bonds is 2. The third-order valence-corrected chi connectivity index (χ3v) is 6.25. The first-order chi connectivity index (χ1) is 10.2. The van der Waals surface area contributed by atoms with Crippen molar-refractivity contribution in [3.05, 3.63) is 0 Å². The van der Waals surface area contributed by atoms with E-state index in [0.29, 0.717) is 5.92 Å². The van der Waals surface area contributed by atoms with E-state index in [0.717, 1.165) is 51.9 Å². The van der Waals surface area contributed by atoms with Gasteiger partial charge >= 0.3 is 0 Å².